The van der Waals surface area contributed by atoms with Gasteiger partial charge in [-0.25, -0.2) is 0 Å². The minimum atomic E-state index is -0.250. The highest BCUT2D eigenvalue weighted by atomic mass is 127. The topological polar surface area (TPSA) is 82.3 Å². The van der Waals surface area contributed by atoms with E-state index in [4.69, 9.17) is 14.1 Å². The Labute approximate surface area is 197 Å². The van der Waals surface area contributed by atoms with Crippen molar-refractivity contribution in [1.29, 1.82) is 0 Å². The molecular weight excluding hydrogens is 497 g/mol. The van der Waals surface area contributed by atoms with Crippen molar-refractivity contribution in [3.63, 3.8) is 0 Å². The summed E-state index contributed by atoms with van der Waals surface area (Å²) in [5.41, 5.74) is -0.250. The van der Waals surface area contributed by atoms with E-state index in [0.29, 0.717) is 13.1 Å². The standard InChI is InChI=1S/C21H37N5O3.HI/c1-21(2,3)24-19(27)17-25(4)20(23-10-8-18-7-5-14-29-18)22-9-6-11-26-12-15-28-16-13-26;/h5,7,14H,6,8-13,15-17H2,1-4H3,(H,22,23)(H,24,27);1H. The van der Waals surface area contributed by atoms with Gasteiger partial charge < -0.3 is 24.7 Å². The van der Waals surface area contributed by atoms with E-state index in [9.17, 15) is 4.79 Å². The molecule has 2 N–H and O–H groups in total. The average Bonchev–Trinajstić information content (AvgIpc) is 3.16. The first-order valence-electron chi connectivity index (χ1n) is 10.5. The van der Waals surface area contributed by atoms with Gasteiger partial charge in [0.05, 0.1) is 26.0 Å². The number of furan rings is 1. The van der Waals surface area contributed by atoms with Crippen LogP contribution in [0.25, 0.3) is 0 Å². The molecule has 0 atom stereocenters. The van der Waals surface area contributed by atoms with Crippen LogP contribution in [0.4, 0.5) is 0 Å². The minimum absolute atomic E-state index is 0. The number of morpholine rings is 1. The fourth-order valence-corrected chi connectivity index (χ4v) is 3.12. The molecule has 172 valence electrons. The number of halogens is 1. The van der Waals surface area contributed by atoms with E-state index in [1.54, 1.807) is 6.26 Å². The fourth-order valence-electron chi connectivity index (χ4n) is 3.12. The molecule has 1 fully saturated rings. The second-order valence-electron chi connectivity index (χ2n) is 8.42. The highest BCUT2D eigenvalue weighted by Crippen LogP contribution is 2.02. The van der Waals surface area contributed by atoms with Crippen molar-refractivity contribution in [2.75, 3.05) is 59.5 Å². The number of amides is 1. The van der Waals surface area contributed by atoms with Crippen molar-refractivity contribution in [1.82, 2.24) is 20.4 Å². The quantitative estimate of drug-likeness (QED) is 0.218. The maximum absolute atomic E-state index is 12.3. The Hall–Kier alpha value is -1.33. The number of guanidine groups is 1. The summed E-state index contributed by atoms with van der Waals surface area (Å²) in [6.45, 7) is 12.2. The molecule has 1 aromatic rings. The van der Waals surface area contributed by atoms with Gasteiger partial charge in [-0.05, 0) is 39.3 Å². The van der Waals surface area contributed by atoms with Gasteiger partial charge in [-0.2, -0.15) is 0 Å². The molecule has 1 saturated heterocycles. The number of likely N-dealkylation sites (N-methyl/N-ethyl adjacent to an activating group) is 1. The highest BCUT2D eigenvalue weighted by Gasteiger charge is 2.17. The third-order valence-electron chi connectivity index (χ3n) is 4.49. The van der Waals surface area contributed by atoms with Gasteiger partial charge in [0.15, 0.2) is 5.96 Å². The Morgan fingerprint density at radius 3 is 2.67 bits per heavy atom. The fraction of sp³-hybridized carbons (Fsp3) is 0.714. The van der Waals surface area contributed by atoms with Gasteiger partial charge in [-0.15, -0.1) is 24.0 Å². The Morgan fingerprint density at radius 2 is 2.03 bits per heavy atom. The number of carbonyl (C=O) groups excluding carboxylic acids is 1. The summed E-state index contributed by atoms with van der Waals surface area (Å²) in [4.78, 5) is 21.3. The zero-order chi connectivity index (χ0) is 21.1. The van der Waals surface area contributed by atoms with E-state index in [-0.39, 0.29) is 42.0 Å². The van der Waals surface area contributed by atoms with Crippen LogP contribution in [0.5, 0.6) is 0 Å². The van der Waals surface area contributed by atoms with E-state index in [0.717, 1.165) is 57.4 Å². The second-order valence-corrected chi connectivity index (χ2v) is 8.42. The van der Waals surface area contributed by atoms with E-state index in [1.807, 2.05) is 44.9 Å². The van der Waals surface area contributed by atoms with Crippen LogP contribution in [0.1, 0.15) is 33.0 Å². The molecule has 0 radical (unpaired) electrons. The van der Waals surface area contributed by atoms with Gasteiger partial charge in [-0.1, -0.05) is 0 Å². The number of aliphatic imine (C=N–C) groups is 1. The summed E-state index contributed by atoms with van der Waals surface area (Å²) < 4.78 is 10.8. The maximum Gasteiger partial charge on any atom is 0.240 e. The van der Waals surface area contributed by atoms with Crippen molar-refractivity contribution < 1.29 is 13.9 Å². The van der Waals surface area contributed by atoms with Gasteiger partial charge in [0.2, 0.25) is 5.91 Å². The predicted octanol–water partition coefficient (Wildman–Crippen LogP) is 1.95. The van der Waals surface area contributed by atoms with Crippen molar-refractivity contribution >= 4 is 35.8 Å². The van der Waals surface area contributed by atoms with Crippen LogP contribution in [0.15, 0.2) is 27.8 Å². The van der Waals surface area contributed by atoms with E-state index < -0.39 is 0 Å². The van der Waals surface area contributed by atoms with Crippen molar-refractivity contribution in [3.05, 3.63) is 24.2 Å². The van der Waals surface area contributed by atoms with Crippen LogP contribution in [-0.2, 0) is 16.0 Å². The lowest BCUT2D eigenvalue weighted by atomic mass is 10.1. The Bertz CT molecular complexity index is 625. The molecule has 1 amide bonds. The number of nitrogens with one attached hydrogen (secondary N) is 2. The molecule has 1 aliphatic rings. The van der Waals surface area contributed by atoms with Gasteiger partial charge in [0.25, 0.3) is 0 Å². The summed E-state index contributed by atoms with van der Waals surface area (Å²) in [7, 11) is 1.89. The van der Waals surface area contributed by atoms with Gasteiger partial charge in [0, 0.05) is 51.7 Å². The van der Waals surface area contributed by atoms with Gasteiger partial charge in [0.1, 0.15) is 5.76 Å². The first-order valence-corrected chi connectivity index (χ1v) is 10.5. The van der Waals surface area contributed by atoms with Crippen molar-refractivity contribution in [2.45, 2.75) is 39.2 Å². The Kier molecular flexibility index (Phi) is 12.3. The SMILES string of the molecule is CN(CC(=O)NC(C)(C)C)C(=NCCCN1CCOCC1)NCCc1ccco1.I. The number of hydrogen-bond donors (Lipinski definition) is 2. The molecular formula is C21H38IN5O3. The summed E-state index contributed by atoms with van der Waals surface area (Å²) in [5.74, 6) is 1.65. The third-order valence-corrected chi connectivity index (χ3v) is 4.49. The van der Waals surface area contributed by atoms with E-state index in [1.165, 1.54) is 0 Å². The first kappa shape index (κ1) is 26.7. The van der Waals surface area contributed by atoms with Crippen LogP contribution in [0, 0.1) is 0 Å². The number of nitrogens with zero attached hydrogens (tertiary/aromatic N) is 3. The smallest absolute Gasteiger partial charge is 0.240 e. The summed E-state index contributed by atoms with van der Waals surface area (Å²) in [6, 6.07) is 3.85. The molecule has 1 aromatic heterocycles. The molecule has 8 nitrogen and oxygen atoms in total. The van der Waals surface area contributed by atoms with Crippen LogP contribution in [0.2, 0.25) is 0 Å². The molecule has 1 aliphatic heterocycles. The van der Waals surface area contributed by atoms with Crippen LogP contribution < -0.4 is 10.6 Å². The zero-order valence-corrected chi connectivity index (χ0v) is 21.1. The van der Waals surface area contributed by atoms with Gasteiger partial charge >= 0.3 is 0 Å². The molecule has 0 saturated carbocycles. The Morgan fingerprint density at radius 1 is 1.30 bits per heavy atom. The van der Waals surface area contributed by atoms with Crippen molar-refractivity contribution in [2.24, 2.45) is 4.99 Å². The average molecular weight is 535 g/mol. The van der Waals surface area contributed by atoms with E-state index in [2.05, 4.69) is 15.5 Å². The van der Waals surface area contributed by atoms with Crippen LogP contribution in [-0.4, -0.2) is 86.7 Å². The second kappa shape index (κ2) is 13.9. The van der Waals surface area contributed by atoms with Crippen LogP contribution >= 0.6 is 24.0 Å². The lowest BCUT2D eigenvalue weighted by Gasteiger charge is -2.27. The molecule has 0 spiro atoms. The maximum atomic E-state index is 12.3. The molecule has 30 heavy (non-hydrogen) atoms. The lowest BCUT2D eigenvalue weighted by molar-refractivity contribution is -0.122. The number of ether oxygens (including phenoxy) is 1. The molecule has 9 heteroatoms. The van der Waals surface area contributed by atoms with Crippen LogP contribution in [0.3, 0.4) is 0 Å². The molecule has 0 bridgehead atoms. The van der Waals surface area contributed by atoms with Crippen molar-refractivity contribution in [3.8, 4) is 0 Å². The highest BCUT2D eigenvalue weighted by molar-refractivity contribution is 14.0. The number of hydrogen-bond acceptors (Lipinski definition) is 5. The minimum Gasteiger partial charge on any atom is -0.469 e. The first-order chi connectivity index (χ1) is 13.8. The molecule has 2 rings (SSSR count). The van der Waals surface area contributed by atoms with E-state index >= 15 is 0 Å². The molecule has 0 aromatic carbocycles. The number of carbonyl (C=O) groups is 1. The summed E-state index contributed by atoms with van der Waals surface area (Å²) in [5, 5.41) is 6.36. The molecule has 0 unspecified atom stereocenters. The third kappa shape index (κ3) is 11.2. The van der Waals surface area contributed by atoms with Gasteiger partial charge in [-0.3, -0.25) is 14.7 Å². The lowest BCUT2D eigenvalue weighted by Crippen LogP contribution is -2.49. The zero-order valence-electron chi connectivity index (χ0n) is 18.8. The Balaban J connectivity index is 0.00000450. The summed E-state index contributed by atoms with van der Waals surface area (Å²) >= 11 is 0. The summed E-state index contributed by atoms with van der Waals surface area (Å²) in [6.07, 6.45) is 3.42. The number of rotatable bonds is 9. The predicted molar refractivity (Wildman–Crippen MR) is 131 cm³/mol. The monoisotopic (exact) mass is 535 g/mol. The normalized spacial score (nSPS) is 15.4. The largest absolute Gasteiger partial charge is 0.469 e. The molecule has 0 aliphatic carbocycles. The molecule has 2 heterocycles.